The van der Waals surface area contributed by atoms with E-state index in [2.05, 4.69) is 10.1 Å². The Morgan fingerprint density at radius 2 is 1.74 bits per heavy atom. The highest BCUT2D eigenvalue weighted by Crippen LogP contribution is 2.38. The van der Waals surface area contributed by atoms with Crippen molar-refractivity contribution in [2.45, 2.75) is 6.18 Å². The molecule has 2 amide bonds. The van der Waals surface area contributed by atoms with E-state index >= 15 is 0 Å². The molecule has 2 aromatic rings. The maximum atomic E-state index is 13.0. The maximum Gasteiger partial charge on any atom is 0.416 e. The first kappa shape index (κ1) is 22.2. The van der Waals surface area contributed by atoms with E-state index in [0.29, 0.717) is 11.6 Å². The first-order valence-electron chi connectivity index (χ1n) is 8.52. The number of thioether (sulfide) groups is 1. The van der Waals surface area contributed by atoms with Crippen LogP contribution in [-0.4, -0.2) is 31.3 Å². The van der Waals surface area contributed by atoms with E-state index in [4.69, 9.17) is 9.47 Å². The van der Waals surface area contributed by atoms with Crippen LogP contribution in [0.15, 0.2) is 41.3 Å². The summed E-state index contributed by atoms with van der Waals surface area (Å²) in [6, 6.07) is 6.92. The summed E-state index contributed by atoms with van der Waals surface area (Å²) < 4.78 is 54.5. The van der Waals surface area contributed by atoms with Crippen LogP contribution in [0.5, 0.6) is 17.2 Å². The minimum absolute atomic E-state index is 0.106. The summed E-state index contributed by atoms with van der Waals surface area (Å²) in [5.74, 6) is -1.41. The number of ether oxygens (including phenoxy) is 3. The third-order valence-electron chi connectivity index (χ3n) is 4.06. The average Bonchev–Trinajstić information content (AvgIpc) is 3.04. The van der Waals surface area contributed by atoms with Crippen molar-refractivity contribution in [2.75, 3.05) is 14.2 Å². The standard InChI is InChI=1S/C20H14F3NO6S/c1-28-15-7-10(8-16-17(25)24-19(27)31-16)3-5-14(15)30-13-6-4-11(20(21,22)23)9-12(13)18(26)29-2/h3-9H,1-2H3,(H,24,25,27)/b16-8+. The molecule has 0 unspecified atom stereocenters. The Morgan fingerprint density at radius 3 is 2.32 bits per heavy atom. The zero-order chi connectivity index (χ0) is 22.8. The molecule has 1 aliphatic heterocycles. The molecule has 7 nitrogen and oxygen atoms in total. The van der Waals surface area contributed by atoms with Crippen LogP contribution >= 0.6 is 11.8 Å². The van der Waals surface area contributed by atoms with Crippen molar-refractivity contribution in [1.82, 2.24) is 5.32 Å². The van der Waals surface area contributed by atoms with Crippen LogP contribution < -0.4 is 14.8 Å². The molecule has 1 heterocycles. The van der Waals surface area contributed by atoms with Gasteiger partial charge in [0.05, 0.1) is 24.7 Å². The lowest BCUT2D eigenvalue weighted by Crippen LogP contribution is -2.17. The lowest BCUT2D eigenvalue weighted by molar-refractivity contribution is -0.137. The quantitative estimate of drug-likeness (QED) is 0.522. The molecule has 162 valence electrons. The fraction of sp³-hybridized carbons (Fsp3) is 0.150. The number of rotatable bonds is 5. The normalized spacial score (nSPS) is 15.1. The van der Waals surface area contributed by atoms with Crippen molar-refractivity contribution in [2.24, 2.45) is 0 Å². The van der Waals surface area contributed by atoms with Gasteiger partial charge in [-0.1, -0.05) is 6.07 Å². The largest absolute Gasteiger partial charge is 0.493 e. The molecule has 0 spiro atoms. The van der Waals surface area contributed by atoms with Gasteiger partial charge in [0, 0.05) is 0 Å². The van der Waals surface area contributed by atoms with E-state index < -0.39 is 34.4 Å². The van der Waals surface area contributed by atoms with Crippen LogP contribution in [0.2, 0.25) is 0 Å². The predicted molar refractivity (Wildman–Crippen MR) is 105 cm³/mol. The number of methoxy groups -OCH3 is 2. The molecule has 0 saturated carbocycles. The minimum Gasteiger partial charge on any atom is -0.493 e. The van der Waals surface area contributed by atoms with Gasteiger partial charge in [0.2, 0.25) is 0 Å². The number of hydrogen-bond acceptors (Lipinski definition) is 7. The van der Waals surface area contributed by atoms with Gasteiger partial charge in [-0.05, 0) is 53.7 Å². The van der Waals surface area contributed by atoms with Crippen LogP contribution in [0.3, 0.4) is 0 Å². The first-order chi connectivity index (χ1) is 14.6. The Morgan fingerprint density at radius 1 is 1.03 bits per heavy atom. The molecular formula is C20H14F3NO6S. The Labute approximate surface area is 178 Å². The molecule has 1 aliphatic rings. The minimum atomic E-state index is -4.65. The third-order valence-corrected chi connectivity index (χ3v) is 4.87. The van der Waals surface area contributed by atoms with Gasteiger partial charge in [0.25, 0.3) is 11.1 Å². The zero-order valence-electron chi connectivity index (χ0n) is 16.0. The monoisotopic (exact) mass is 453 g/mol. The van der Waals surface area contributed by atoms with Crippen molar-refractivity contribution < 1.29 is 41.8 Å². The van der Waals surface area contributed by atoms with Crippen LogP contribution in [0.4, 0.5) is 18.0 Å². The van der Waals surface area contributed by atoms with E-state index in [9.17, 15) is 27.6 Å². The second-order valence-corrected chi connectivity index (χ2v) is 7.08. The summed E-state index contributed by atoms with van der Waals surface area (Å²) in [6.07, 6.45) is -3.19. The van der Waals surface area contributed by atoms with Gasteiger partial charge in [-0.3, -0.25) is 14.9 Å². The smallest absolute Gasteiger partial charge is 0.416 e. The number of carbonyl (C=O) groups excluding carboxylic acids is 3. The Kier molecular flexibility index (Phi) is 6.25. The summed E-state index contributed by atoms with van der Waals surface area (Å²) in [5.41, 5.74) is -0.934. The number of alkyl halides is 3. The first-order valence-corrected chi connectivity index (χ1v) is 9.34. The van der Waals surface area contributed by atoms with Crippen molar-refractivity contribution in [1.29, 1.82) is 0 Å². The number of amides is 2. The van der Waals surface area contributed by atoms with Gasteiger partial charge in [0.15, 0.2) is 11.5 Å². The number of esters is 1. The summed E-state index contributed by atoms with van der Waals surface area (Å²) in [7, 11) is 2.38. The van der Waals surface area contributed by atoms with E-state index in [-0.39, 0.29) is 22.2 Å². The van der Waals surface area contributed by atoms with E-state index in [0.717, 1.165) is 31.0 Å². The molecule has 0 radical (unpaired) electrons. The maximum absolute atomic E-state index is 13.0. The molecule has 0 atom stereocenters. The van der Waals surface area contributed by atoms with Crippen molar-refractivity contribution >= 4 is 35.0 Å². The van der Waals surface area contributed by atoms with Crippen LogP contribution in [-0.2, 0) is 15.7 Å². The molecule has 2 aromatic carbocycles. The zero-order valence-corrected chi connectivity index (χ0v) is 16.8. The average molecular weight is 453 g/mol. The summed E-state index contributed by atoms with van der Waals surface area (Å²) in [5, 5.41) is 1.65. The highest BCUT2D eigenvalue weighted by atomic mass is 32.2. The number of hydrogen-bond donors (Lipinski definition) is 1. The molecular weight excluding hydrogens is 439 g/mol. The topological polar surface area (TPSA) is 90.9 Å². The van der Waals surface area contributed by atoms with Gasteiger partial charge in [-0.2, -0.15) is 13.2 Å². The summed E-state index contributed by atoms with van der Waals surface area (Å²) in [6.45, 7) is 0. The lowest BCUT2D eigenvalue weighted by atomic mass is 10.1. The summed E-state index contributed by atoms with van der Waals surface area (Å²) in [4.78, 5) is 35.1. The van der Waals surface area contributed by atoms with E-state index in [1.54, 1.807) is 6.07 Å². The molecule has 11 heteroatoms. The molecule has 0 aliphatic carbocycles. The lowest BCUT2D eigenvalue weighted by Gasteiger charge is -2.15. The molecule has 3 rings (SSSR count). The Hall–Kier alpha value is -3.47. The number of benzene rings is 2. The van der Waals surface area contributed by atoms with Crippen molar-refractivity contribution in [3.8, 4) is 17.2 Å². The number of halogens is 3. The molecule has 1 saturated heterocycles. The Bertz CT molecular complexity index is 1100. The van der Waals surface area contributed by atoms with Crippen molar-refractivity contribution in [3.05, 3.63) is 58.0 Å². The molecule has 1 fully saturated rings. The van der Waals surface area contributed by atoms with E-state index in [1.807, 2.05) is 0 Å². The van der Waals surface area contributed by atoms with Crippen LogP contribution in [0, 0.1) is 0 Å². The SMILES string of the molecule is COC(=O)c1cc(C(F)(F)F)ccc1Oc1ccc(/C=C2/SC(=O)NC2=O)cc1OC. The van der Waals surface area contributed by atoms with E-state index in [1.165, 1.54) is 25.3 Å². The number of imide groups is 1. The van der Waals surface area contributed by atoms with Gasteiger partial charge in [-0.15, -0.1) is 0 Å². The molecule has 0 bridgehead atoms. The fourth-order valence-corrected chi connectivity index (χ4v) is 3.30. The molecule has 31 heavy (non-hydrogen) atoms. The van der Waals surface area contributed by atoms with Crippen LogP contribution in [0.25, 0.3) is 6.08 Å². The fourth-order valence-electron chi connectivity index (χ4n) is 2.61. The number of nitrogens with one attached hydrogen (secondary N) is 1. The van der Waals surface area contributed by atoms with Gasteiger partial charge in [0.1, 0.15) is 11.3 Å². The number of carbonyl (C=O) groups is 3. The Balaban J connectivity index is 1.95. The third kappa shape index (κ3) is 5.00. The second kappa shape index (κ2) is 8.72. The van der Waals surface area contributed by atoms with Crippen molar-refractivity contribution in [3.63, 3.8) is 0 Å². The second-order valence-electron chi connectivity index (χ2n) is 6.06. The predicted octanol–water partition coefficient (Wildman–Crippen LogP) is 4.62. The van der Waals surface area contributed by atoms with Gasteiger partial charge >= 0.3 is 12.1 Å². The molecule has 1 N–H and O–H groups in total. The van der Waals surface area contributed by atoms with Gasteiger partial charge < -0.3 is 14.2 Å². The van der Waals surface area contributed by atoms with Gasteiger partial charge in [-0.25, -0.2) is 4.79 Å². The van der Waals surface area contributed by atoms with Crippen LogP contribution in [0.1, 0.15) is 21.5 Å². The highest BCUT2D eigenvalue weighted by molar-refractivity contribution is 8.18. The molecule has 0 aromatic heterocycles. The highest BCUT2D eigenvalue weighted by Gasteiger charge is 2.32. The summed E-state index contributed by atoms with van der Waals surface area (Å²) >= 11 is 0.746.